The number of nitrogens with two attached hydrogens (primary N) is 1. The number of hydrogen-bond donors (Lipinski definition) is 1. The Bertz CT molecular complexity index is 486. The SMILES string of the molecule is NCc1noc(-c2cc(Cl)ccc2I)n1. The molecule has 0 aliphatic heterocycles. The third kappa shape index (κ3) is 2.30. The molecular weight excluding hydrogens is 328 g/mol. The van der Waals surface area contributed by atoms with Crippen molar-refractivity contribution in [3.8, 4) is 11.5 Å². The fourth-order valence-electron chi connectivity index (χ4n) is 1.11. The van der Waals surface area contributed by atoms with Gasteiger partial charge in [-0.25, -0.2) is 0 Å². The smallest absolute Gasteiger partial charge is 0.259 e. The minimum atomic E-state index is 0.265. The van der Waals surface area contributed by atoms with Crippen LogP contribution in [0.25, 0.3) is 11.5 Å². The van der Waals surface area contributed by atoms with Gasteiger partial charge in [-0.15, -0.1) is 0 Å². The van der Waals surface area contributed by atoms with Crippen molar-refractivity contribution in [1.82, 2.24) is 10.1 Å². The van der Waals surface area contributed by atoms with Crippen LogP contribution in [-0.4, -0.2) is 10.1 Å². The molecule has 1 aromatic carbocycles. The normalized spacial score (nSPS) is 10.6. The molecule has 2 N–H and O–H groups in total. The lowest BCUT2D eigenvalue weighted by atomic mass is 10.2. The molecule has 0 atom stereocenters. The highest BCUT2D eigenvalue weighted by molar-refractivity contribution is 14.1. The van der Waals surface area contributed by atoms with Crippen LogP contribution in [0, 0.1) is 3.57 Å². The fraction of sp³-hybridized carbons (Fsp3) is 0.111. The monoisotopic (exact) mass is 335 g/mol. The standard InChI is InChI=1S/C9H7ClIN3O/c10-5-1-2-7(11)6(3-5)9-13-8(4-12)14-15-9/h1-3H,4,12H2. The summed E-state index contributed by atoms with van der Waals surface area (Å²) >= 11 is 8.07. The van der Waals surface area contributed by atoms with Gasteiger partial charge in [-0.05, 0) is 40.8 Å². The van der Waals surface area contributed by atoms with Gasteiger partial charge in [0.15, 0.2) is 5.82 Å². The Morgan fingerprint density at radius 3 is 2.93 bits per heavy atom. The van der Waals surface area contributed by atoms with Crippen molar-refractivity contribution in [3.63, 3.8) is 0 Å². The van der Waals surface area contributed by atoms with Crippen LogP contribution in [0.2, 0.25) is 5.02 Å². The summed E-state index contributed by atoms with van der Waals surface area (Å²) in [6.07, 6.45) is 0. The maximum absolute atomic E-state index is 5.89. The van der Waals surface area contributed by atoms with Crippen molar-refractivity contribution in [2.45, 2.75) is 6.54 Å². The van der Waals surface area contributed by atoms with Gasteiger partial charge in [0.05, 0.1) is 12.1 Å². The molecule has 15 heavy (non-hydrogen) atoms. The Morgan fingerprint density at radius 1 is 1.47 bits per heavy atom. The topological polar surface area (TPSA) is 64.9 Å². The van der Waals surface area contributed by atoms with Crippen LogP contribution in [-0.2, 0) is 6.54 Å². The zero-order chi connectivity index (χ0) is 10.8. The lowest BCUT2D eigenvalue weighted by Crippen LogP contribution is -1.97. The maximum Gasteiger partial charge on any atom is 0.259 e. The highest BCUT2D eigenvalue weighted by Gasteiger charge is 2.11. The average Bonchev–Trinajstić information content (AvgIpc) is 2.70. The van der Waals surface area contributed by atoms with Gasteiger partial charge in [-0.3, -0.25) is 0 Å². The van der Waals surface area contributed by atoms with E-state index < -0.39 is 0 Å². The van der Waals surface area contributed by atoms with Crippen molar-refractivity contribution in [1.29, 1.82) is 0 Å². The van der Waals surface area contributed by atoms with Gasteiger partial charge in [0, 0.05) is 8.59 Å². The van der Waals surface area contributed by atoms with Crippen LogP contribution in [0.15, 0.2) is 22.7 Å². The van der Waals surface area contributed by atoms with Crippen LogP contribution in [0.3, 0.4) is 0 Å². The van der Waals surface area contributed by atoms with E-state index in [1.807, 2.05) is 12.1 Å². The largest absolute Gasteiger partial charge is 0.334 e. The number of hydrogen-bond acceptors (Lipinski definition) is 4. The van der Waals surface area contributed by atoms with Crippen LogP contribution >= 0.6 is 34.2 Å². The van der Waals surface area contributed by atoms with Crippen molar-refractivity contribution >= 4 is 34.2 Å². The molecule has 2 rings (SSSR count). The van der Waals surface area contributed by atoms with Gasteiger partial charge in [-0.1, -0.05) is 16.8 Å². The van der Waals surface area contributed by atoms with Gasteiger partial charge in [0.25, 0.3) is 5.89 Å². The first-order valence-corrected chi connectivity index (χ1v) is 5.64. The van der Waals surface area contributed by atoms with E-state index in [2.05, 4.69) is 32.7 Å². The minimum absolute atomic E-state index is 0.265. The summed E-state index contributed by atoms with van der Waals surface area (Å²) in [6, 6.07) is 5.49. The zero-order valence-corrected chi connectivity index (χ0v) is 10.5. The van der Waals surface area contributed by atoms with E-state index in [0.29, 0.717) is 16.7 Å². The Morgan fingerprint density at radius 2 is 2.27 bits per heavy atom. The van der Waals surface area contributed by atoms with E-state index >= 15 is 0 Å². The van der Waals surface area contributed by atoms with Gasteiger partial charge in [-0.2, -0.15) is 4.98 Å². The Kier molecular flexibility index (Phi) is 3.22. The number of halogens is 2. The molecule has 0 saturated carbocycles. The van der Waals surface area contributed by atoms with E-state index in [4.69, 9.17) is 21.9 Å². The van der Waals surface area contributed by atoms with E-state index in [-0.39, 0.29) is 6.54 Å². The Labute approximate surface area is 105 Å². The molecule has 0 spiro atoms. The molecule has 0 aliphatic rings. The van der Waals surface area contributed by atoms with E-state index in [1.165, 1.54) is 0 Å². The third-order valence-corrected chi connectivity index (χ3v) is 2.99. The molecule has 0 fully saturated rings. The molecule has 0 bridgehead atoms. The van der Waals surface area contributed by atoms with Crippen molar-refractivity contribution < 1.29 is 4.52 Å². The van der Waals surface area contributed by atoms with Gasteiger partial charge >= 0.3 is 0 Å². The molecule has 78 valence electrons. The lowest BCUT2D eigenvalue weighted by molar-refractivity contribution is 0.422. The maximum atomic E-state index is 5.89. The molecule has 0 saturated heterocycles. The van der Waals surface area contributed by atoms with Crippen molar-refractivity contribution in [2.75, 3.05) is 0 Å². The first-order chi connectivity index (χ1) is 7.20. The Hall–Kier alpha value is -0.660. The number of nitrogens with zero attached hydrogens (tertiary/aromatic N) is 2. The summed E-state index contributed by atoms with van der Waals surface area (Å²) < 4.78 is 6.08. The second-order valence-corrected chi connectivity index (χ2v) is 4.44. The van der Waals surface area contributed by atoms with Gasteiger partial charge in [0.2, 0.25) is 0 Å². The second kappa shape index (κ2) is 4.46. The van der Waals surface area contributed by atoms with Crippen LogP contribution in [0.1, 0.15) is 5.82 Å². The summed E-state index contributed by atoms with van der Waals surface area (Å²) in [4.78, 5) is 4.13. The molecule has 0 aliphatic carbocycles. The average molecular weight is 336 g/mol. The third-order valence-electron chi connectivity index (χ3n) is 1.81. The molecule has 0 amide bonds. The molecular formula is C9H7ClIN3O. The molecule has 4 nitrogen and oxygen atoms in total. The van der Waals surface area contributed by atoms with Crippen molar-refractivity contribution in [2.24, 2.45) is 5.73 Å². The predicted octanol–water partition coefficient (Wildman–Crippen LogP) is 2.45. The van der Waals surface area contributed by atoms with Crippen LogP contribution < -0.4 is 5.73 Å². The summed E-state index contributed by atoms with van der Waals surface area (Å²) in [5.41, 5.74) is 6.23. The zero-order valence-electron chi connectivity index (χ0n) is 7.58. The first kappa shape index (κ1) is 10.8. The summed E-state index contributed by atoms with van der Waals surface area (Å²) in [7, 11) is 0. The van der Waals surface area contributed by atoms with E-state index in [9.17, 15) is 0 Å². The van der Waals surface area contributed by atoms with Crippen LogP contribution in [0.5, 0.6) is 0 Å². The van der Waals surface area contributed by atoms with E-state index in [1.54, 1.807) is 6.07 Å². The number of rotatable bonds is 2. The lowest BCUT2D eigenvalue weighted by Gasteiger charge is -1.98. The molecule has 2 aromatic rings. The fourth-order valence-corrected chi connectivity index (χ4v) is 1.85. The molecule has 0 unspecified atom stereocenters. The predicted molar refractivity (Wildman–Crippen MR) is 65.4 cm³/mol. The summed E-state index contributed by atoms with van der Waals surface area (Å²) in [5, 5.41) is 4.36. The first-order valence-electron chi connectivity index (χ1n) is 4.19. The molecule has 1 heterocycles. The quantitative estimate of drug-likeness (QED) is 0.856. The molecule has 1 aromatic heterocycles. The second-order valence-electron chi connectivity index (χ2n) is 2.84. The number of aromatic nitrogens is 2. The van der Waals surface area contributed by atoms with Gasteiger partial charge < -0.3 is 10.3 Å². The highest BCUT2D eigenvalue weighted by atomic mass is 127. The van der Waals surface area contributed by atoms with Crippen LogP contribution in [0.4, 0.5) is 0 Å². The number of benzene rings is 1. The van der Waals surface area contributed by atoms with Gasteiger partial charge in [0.1, 0.15) is 0 Å². The van der Waals surface area contributed by atoms with E-state index in [0.717, 1.165) is 9.13 Å². The molecule has 6 heteroatoms. The Balaban J connectivity index is 2.48. The highest BCUT2D eigenvalue weighted by Crippen LogP contribution is 2.26. The minimum Gasteiger partial charge on any atom is -0.334 e. The summed E-state index contributed by atoms with van der Waals surface area (Å²) in [6.45, 7) is 0.265. The summed E-state index contributed by atoms with van der Waals surface area (Å²) in [5.74, 6) is 0.933. The molecule has 0 radical (unpaired) electrons. The van der Waals surface area contributed by atoms with Crippen molar-refractivity contribution in [3.05, 3.63) is 32.6 Å².